The van der Waals surface area contributed by atoms with E-state index < -0.39 is 9.84 Å². The SMILES string of the molecule is O=C(NC1CS(=O)(=O)CC1N1CCCCC1)C1CC(=O)N(C2CCCC2)C1. The fourth-order valence-electron chi connectivity index (χ4n) is 5.35. The minimum atomic E-state index is -3.13. The molecule has 2 amide bonds. The van der Waals surface area contributed by atoms with Crippen molar-refractivity contribution < 1.29 is 18.0 Å². The van der Waals surface area contributed by atoms with Crippen LogP contribution in [0.5, 0.6) is 0 Å². The Hall–Kier alpha value is -1.15. The smallest absolute Gasteiger partial charge is 0.225 e. The third-order valence-corrected chi connectivity index (χ3v) is 8.52. The Bertz CT molecular complexity index is 683. The Morgan fingerprint density at radius 3 is 2.41 bits per heavy atom. The Morgan fingerprint density at radius 2 is 1.70 bits per heavy atom. The van der Waals surface area contributed by atoms with Crippen LogP contribution in [-0.4, -0.2) is 79.3 Å². The second-order valence-electron chi connectivity index (χ2n) is 8.74. The number of hydrogen-bond acceptors (Lipinski definition) is 5. The van der Waals surface area contributed by atoms with Gasteiger partial charge in [0.15, 0.2) is 9.84 Å². The van der Waals surface area contributed by atoms with Gasteiger partial charge < -0.3 is 10.2 Å². The van der Waals surface area contributed by atoms with Crippen LogP contribution < -0.4 is 5.32 Å². The van der Waals surface area contributed by atoms with Crippen LogP contribution in [0, 0.1) is 5.92 Å². The number of nitrogens with one attached hydrogen (secondary N) is 1. The van der Waals surface area contributed by atoms with E-state index in [0.29, 0.717) is 12.6 Å². The summed E-state index contributed by atoms with van der Waals surface area (Å²) < 4.78 is 24.5. The number of sulfone groups is 1. The van der Waals surface area contributed by atoms with E-state index in [1.165, 1.54) is 6.42 Å². The van der Waals surface area contributed by atoms with Gasteiger partial charge in [-0.15, -0.1) is 0 Å². The minimum Gasteiger partial charge on any atom is -0.350 e. The van der Waals surface area contributed by atoms with Crippen molar-refractivity contribution in [3.05, 3.63) is 0 Å². The summed E-state index contributed by atoms with van der Waals surface area (Å²) in [6.07, 6.45) is 8.02. The van der Waals surface area contributed by atoms with E-state index in [9.17, 15) is 18.0 Å². The third kappa shape index (κ3) is 4.16. The van der Waals surface area contributed by atoms with Crippen molar-refractivity contribution >= 4 is 21.7 Å². The summed E-state index contributed by atoms with van der Waals surface area (Å²) in [5.74, 6) is -0.257. The molecule has 1 N–H and O–H groups in total. The van der Waals surface area contributed by atoms with E-state index in [1.54, 1.807) is 0 Å². The predicted octanol–water partition coefficient (Wildman–Crippen LogP) is 0.545. The Morgan fingerprint density at radius 1 is 1.00 bits per heavy atom. The summed E-state index contributed by atoms with van der Waals surface area (Å²) in [5.41, 5.74) is 0. The number of nitrogens with zero attached hydrogens (tertiary/aromatic N) is 2. The first kappa shape index (κ1) is 19.2. The summed E-state index contributed by atoms with van der Waals surface area (Å²) >= 11 is 0. The molecule has 3 aliphatic heterocycles. The number of hydrogen-bond donors (Lipinski definition) is 1. The average molecular weight is 398 g/mol. The maximum atomic E-state index is 12.8. The molecule has 0 bridgehead atoms. The number of likely N-dealkylation sites (tertiary alicyclic amines) is 2. The minimum absolute atomic E-state index is 0.0207. The van der Waals surface area contributed by atoms with E-state index in [2.05, 4.69) is 10.2 Å². The van der Waals surface area contributed by atoms with E-state index >= 15 is 0 Å². The molecule has 3 atom stereocenters. The van der Waals surface area contributed by atoms with Gasteiger partial charge in [-0.1, -0.05) is 19.3 Å². The first-order chi connectivity index (χ1) is 12.9. The van der Waals surface area contributed by atoms with Crippen molar-refractivity contribution in [3.63, 3.8) is 0 Å². The number of rotatable bonds is 4. The van der Waals surface area contributed by atoms with Crippen molar-refractivity contribution in [2.45, 2.75) is 69.5 Å². The van der Waals surface area contributed by atoms with Crippen molar-refractivity contribution in [1.29, 1.82) is 0 Å². The highest BCUT2D eigenvalue weighted by molar-refractivity contribution is 7.91. The fraction of sp³-hybridized carbons (Fsp3) is 0.895. The van der Waals surface area contributed by atoms with E-state index in [-0.39, 0.29) is 47.7 Å². The standard InChI is InChI=1S/C19H31N3O4S/c23-18-10-14(11-22(18)15-6-2-3-7-15)19(24)20-16-12-27(25,26)13-17(16)21-8-4-1-5-9-21/h14-17H,1-13H2,(H,20,24). The third-order valence-electron chi connectivity index (χ3n) is 6.80. The van der Waals surface area contributed by atoms with Gasteiger partial charge in [-0.3, -0.25) is 14.5 Å². The van der Waals surface area contributed by atoms with Gasteiger partial charge in [0, 0.05) is 25.0 Å². The number of carbonyl (C=O) groups excluding carboxylic acids is 2. The molecule has 1 aliphatic carbocycles. The van der Waals surface area contributed by atoms with Gasteiger partial charge in [0.25, 0.3) is 0 Å². The second kappa shape index (κ2) is 7.70. The second-order valence-corrected chi connectivity index (χ2v) is 10.9. The molecule has 152 valence electrons. The van der Waals surface area contributed by atoms with Crippen molar-refractivity contribution in [1.82, 2.24) is 15.1 Å². The van der Waals surface area contributed by atoms with Crippen LogP contribution in [0.2, 0.25) is 0 Å². The topological polar surface area (TPSA) is 86.8 Å². The summed E-state index contributed by atoms with van der Waals surface area (Å²) in [7, 11) is -3.13. The normalized spacial score (nSPS) is 35.0. The Balaban J connectivity index is 1.39. The number of amides is 2. The largest absolute Gasteiger partial charge is 0.350 e. The molecule has 1 saturated carbocycles. The lowest BCUT2D eigenvalue weighted by atomic mass is 10.0. The molecule has 27 heavy (non-hydrogen) atoms. The molecule has 0 aromatic carbocycles. The Labute approximate surface area is 161 Å². The molecule has 3 heterocycles. The molecule has 7 nitrogen and oxygen atoms in total. The van der Waals surface area contributed by atoms with Gasteiger partial charge in [-0.05, 0) is 38.8 Å². The highest BCUT2D eigenvalue weighted by atomic mass is 32.2. The lowest BCUT2D eigenvalue weighted by Crippen LogP contribution is -2.53. The van der Waals surface area contributed by atoms with Crippen LogP contribution in [0.4, 0.5) is 0 Å². The van der Waals surface area contributed by atoms with Crippen molar-refractivity contribution in [2.24, 2.45) is 5.92 Å². The molecular weight excluding hydrogens is 366 g/mol. The van der Waals surface area contributed by atoms with Gasteiger partial charge in [0.1, 0.15) is 0 Å². The van der Waals surface area contributed by atoms with Gasteiger partial charge in [0.2, 0.25) is 11.8 Å². The molecule has 4 fully saturated rings. The summed E-state index contributed by atoms with van der Waals surface area (Å²) in [4.78, 5) is 29.3. The molecule has 8 heteroatoms. The van der Waals surface area contributed by atoms with Crippen LogP contribution in [0.3, 0.4) is 0 Å². The molecule has 0 spiro atoms. The average Bonchev–Trinajstić information content (AvgIpc) is 3.34. The van der Waals surface area contributed by atoms with Crippen LogP contribution in [0.25, 0.3) is 0 Å². The quantitative estimate of drug-likeness (QED) is 0.748. The highest BCUT2D eigenvalue weighted by Crippen LogP contribution is 2.30. The molecular formula is C19H31N3O4S. The van der Waals surface area contributed by atoms with Crippen LogP contribution >= 0.6 is 0 Å². The zero-order valence-electron chi connectivity index (χ0n) is 15.9. The van der Waals surface area contributed by atoms with E-state index in [4.69, 9.17) is 0 Å². The van der Waals surface area contributed by atoms with Gasteiger partial charge in [-0.25, -0.2) is 8.42 Å². The molecule has 3 unspecified atom stereocenters. The lowest BCUT2D eigenvalue weighted by Gasteiger charge is -2.35. The van der Waals surface area contributed by atoms with E-state index in [1.807, 2.05) is 4.90 Å². The first-order valence-electron chi connectivity index (χ1n) is 10.5. The first-order valence-corrected chi connectivity index (χ1v) is 12.3. The maximum absolute atomic E-state index is 12.8. The van der Waals surface area contributed by atoms with Crippen molar-refractivity contribution in [2.75, 3.05) is 31.1 Å². The highest BCUT2D eigenvalue weighted by Gasteiger charge is 2.44. The fourth-order valence-corrected chi connectivity index (χ4v) is 7.31. The van der Waals surface area contributed by atoms with Gasteiger partial charge in [0.05, 0.1) is 23.5 Å². The van der Waals surface area contributed by atoms with Crippen molar-refractivity contribution in [3.8, 4) is 0 Å². The summed E-state index contributed by atoms with van der Waals surface area (Å²) in [6, 6.07) is -0.179. The van der Waals surface area contributed by atoms with Crippen LogP contribution in [0.15, 0.2) is 0 Å². The molecule has 0 radical (unpaired) electrons. The molecule has 0 aromatic rings. The summed E-state index contributed by atoms with van der Waals surface area (Å²) in [6.45, 7) is 2.30. The zero-order chi connectivity index (χ0) is 19.0. The monoisotopic (exact) mass is 397 g/mol. The van der Waals surface area contributed by atoms with Gasteiger partial charge >= 0.3 is 0 Å². The van der Waals surface area contributed by atoms with E-state index in [0.717, 1.165) is 51.6 Å². The zero-order valence-corrected chi connectivity index (χ0v) is 16.8. The van der Waals surface area contributed by atoms with Crippen LogP contribution in [0.1, 0.15) is 51.4 Å². The summed E-state index contributed by atoms with van der Waals surface area (Å²) in [5, 5.41) is 3.02. The molecule has 4 aliphatic rings. The molecule has 3 saturated heterocycles. The number of carbonyl (C=O) groups is 2. The maximum Gasteiger partial charge on any atom is 0.225 e. The van der Waals surface area contributed by atoms with Crippen LogP contribution in [-0.2, 0) is 19.4 Å². The number of piperidine rings is 1. The predicted molar refractivity (Wildman–Crippen MR) is 102 cm³/mol. The Kier molecular flexibility index (Phi) is 5.47. The van der Waals surface area contributed by atoms with Gasteiger partial charge in [-0.2, -0.15) is 0 Å². The molecule has 0 aromatic heterocycles. The lowest BCUT2D eigenvalue weighted by molar-refractivity contribution is -0.130. The molecule has 4 rings (SSSR count).